The first-order chi connectivity index (χ1) is 47.3. The smallest absolute Gasteiger partial charge is 0.407 e. The highest BCUT2D eigenvalue weighted by atomic mass is 32.2. The molecule has 0 radical (unpaired) electrons. The first-order valence-corrected chi connectivity index (χ1v) is 37.1. The number of ether oxygens (including phenoxy) is 3. The molecule has 1 aliphatic rings. The molecule has 0 bridgehead atoms. The van der Waals surface area contributed by atoms with Gasteiger partial charge in [-0.05, 0) is 165 Å². The number of nitrogens with one attached hydrogen (secondary N) is 7. The lowest BCUT2D eigenvalue weighted by Crippen LogP contribution is -2.41. The van der Waals surface area contributed by atoms with E-state index in [0.717, 1.165) is 84.3 Å². The number of amides is 7. The third-order valence-corrected chi connectivity index (χ3v) is 16.7. The van der Waals surface area contributed by atoms with E-state index in [4.69, 9.17) is 19.9 Å². The van der Waals surface area contributed by atoms with Gasteiger partial charge in [0.25, 0.3) is 0 Å². The minimum Gasteiger partial charge on any atom is -0.444 e. The number of aromatic nitrogens is 4. The zero-order valence-electron chi connectivity index (χ0n) is 60.2. The highest BCUT2D eigenvalue weighted by molar-refractivity contribution is 7.99. The van der Waals surface area contributed by atoms with Gasteiger partial charge >= 0.3 is 18.3 Å². The number of nitrogens with zero attached hydrogens (tertiary/aromatic N) is 4. The van der Waals surface area contributed by atoms with Crippen LogP contribution in [-0.4, -0.2) is 127 Å². The molecule has 4 aromatic heterocycles. The van der Waals surface area contributed by atoms with Crippen LogP contribution in [0.4, 0.5) is 14.4 Å². The molecule has 0 aliphatic heterocycles. The first kappa shape index (κ1) is 85.4. The zero-order valence-corrected chi connectivity index (χ0v) is 61.8. The standard InChI is InChI=1S/C23H37N3O3S.C23H31N3O3S.C17H27N3O3.C12H19N3O/c2*1-23(2,3)29-22(28)26-20(14-18-8-5-4-6-9-18)17-30-13-11-21(27)25-16-19-10-7-12-24-15-19;1-17(2,3)23-16(22)19-11-6-4-5-9-15(21)20-13-14-8-7-10-18-12-14;13-7-3-1-2-6-12(16)15-10-11-5-4-8-14-9-11/h7,10,12,15,18,20H,4-6,8-9,11,13-14,16-17H2,1-3H3,(H,25,27)(H,26,28);4-10,12,15,20H,11,13-14,16-17H2,1-3H3,(H,25,27)(H,26,28);7-8,10,12H,4-6,9,11,13H2,1-3H3,(H,19,22)(H,20,21);4-5,8-9H,1-3,6-7,10,13H2,(H,15,16)/t2*20-;;/m00../s1. The number of hydrogen-bond donors (Lipinski definition) is 8. The average Bonchev–Trinajstić information content (AvgIpc) is 1.86. The van der Waals surface area contributed by atoms with Crippen molar-refractivity contribution in [2.24, 2.45) is 11.7 Å². The van der Waals surface area contributed by atoms with Crippen molar-refractivity contribution in [3.8, 4) is 0 Å². The Balaban J connectivity index is 0.000000352. The molecule has 0 saturated heterocycles. The van der Waals surface area contributed by atoms with Gasteiger partial charge < -0.3 is 57.2 Å². The largest absolute Gasteiger partial charge is 0.444 e. The van der Waals surface area contributed by atoms with Gasteiger partial charge in [-0.3, -0.25) is 39.1 Å². The zero-order chi connectivity index (χ0) is 72.4. The third-order valence-electron chi connectivity index (χ3n) is 14.4. The second kappa shape index (κ2) is 50.5. The van der Waals surface area contributed by atoms with Crippen molar-refractivity contribution in [1.82, 2.24) is 57.2 Å². The fraction of sp³-hybridized carbons (Fsp3) is 0.560. The monoisotopic (exact) mass is 1410 g/mol. The van der Waals surface area contributed by atoms with Gasteiger partial charge in [0.1, 0.15) is 16.8 Å². The molecule has 1 aromatic carbocycles. The molecule has 1 saturated carbocycles. The van der Waals surface area contributed by atoms with Crippen LogP contribution in [0.25, 0.3) is 0 Å². The predicted octanol–water partition coefficient (Wildman–Crippen LogP) is 12.6. The van der Waals surface area contributed by atoms with E-state index >= 15 is 0 Å². The Morgan fingerprint density at radius 2 is 0.818 bits per heavy atom. The van der Waals surface area contributed by atoms with Crippen LogP contribution in [0.15, 0.2) is 128 Å². The summed E-state index contributed by atoms with van der Waals surface area (Å²) in [5.41, 5.74) is 8.98. The predicted molar refractivity (Wildman–Crippen MR) is 396 cm³/mol. The lowest BCUT2D eigenvalue weighted by atomic mass is 9.85. The van der Waals surface area contributed by atoms with E-state index in [1.165, 1.54) is 32.1 Å². The van der Waals surface area contributed by atoms with Crippen molar-refractivity contribution >= 4 is 65.4 Å². The van der Waals surface area contributed by atoms with Gasteiger partial charge in [-0.25, -0.2) is 14.4 Å². The molecule has 0 spiro atoms. The van der Waals surface area contributed by atoms with Gasteiger partial charge in [0.2, 0.25) is 23.6 Å². The summed E-state index contributed by atoms with van der Waals surface area (Å²) in [6, 6.07) is 25.2. The van der Waals surface area contributed by atoms with E-state index in [2.05, 4.69) is 57.2 Å². The molecule has 0 unspecified atom stereocenters. The summed E-state index contributed by atoms with van der Waals surface area (Å²) >= 11 is 3.36. The Hall–Kier alpha value is -7.83. The SMILES string of the molecule is CC(C)(C)OC(=O)NCCCCCC(=O)NCc1cccnc1.CC(C)(C)OC(=O)N[C@H](CSCCC(=O)NCc1cccnc1)CC1CCCCC1.CC(C)(C)OC(=O)N[C@H](CSCCC(=O)NCc1cccnc1)Cc1ccccc1.NCCCCCC(=O)NCc1cccnc1. The van der Waals surface area contributed by atoms with Crippen LogP contribution in [0, 0.1) is 5.92 Å². The molecule has 5 aromatic rings. The van der Waals surface area contributed by atoms with Crippen molar-refractivity contribution in [1.29, 1.82) is 0 Å². The minimum atomic E-state index is -0.541. The van der Waals surface area contributed by atoms with E-state index in [-0.39, 0.29) is 41.8 Å². The Morgan fingerprint density at radius 1 is 0.444 bits per heavy atom. The summed E-state index contributed by atoms with van der Waals surface area (Å²) in [5, 5.41) is 20.3. The van der Waals surface area contributed by atoms with E-state index in [1.54, 1.807) is 73.1 Å². The maximum atomic E-state index is 12.3. The number of carbonyl (C=O) groups excluding carboxylic acids is 7. The van der Waals surface area contributed by atoms with E-state index in [1.807, 2.05) is 141 Å². The van der Waals surface area contributed by atoms with E-state index < -0.39 is 29.0 Å². The summed E-state index contributed by atoms with van der Waals surface area (Å²) in [6.45, 7) is 20.0. The Kier molecular flexibility index (Phi) is 43.5. The second-order valence-electron chi connectivity index (χ2n) is 27.2. The Labute approximate surface area is 597 Å². The molecule has 99 heavy (non-hydrogen) atoms. The molecule has 1 aliphatic carbocycles. The molecular formula is C75H114N12O10S2. The molecule has 22 nitrogen and oxygen atoms in total. The van der Waals surface area contributed by atoms with Crippen LogP contribution in [0.3, 0.4) is 0 Å². The Morgan fingerprint density at radius 3 is 1.21 bits per heavy atom. The highest BCUT2D eigenvalue weighted by Gasteiger charge is 2.25. The van der Waals surface area contributed by atoms with Crippen LogP contribution >= 0.6 is 23.5 Å². The van der Waals surface area contributed by atoms with Crippen LogP contribution in [-0.2, 0) is 66.0 Å². The number of nitrogens with two attached hydrogens (primary N) is 1. The van der Waals surface area contributed by atoms with Gasteiger partial charge in [-0.1, -0.05) is 99.5 Å². The summed E-state index contributed by atoms with van der Waals surface area (Å²) in [7, 11) is 0. The van der Waals surface area contributed by atoms with Crippen LogP contribution < -0.4 is 43.0 Å². The quantitative estimate of drug-likeness (QED) is 0.0138. The Bertz CT molecular complexity index is 2990. The number of benzene rings is 1. The number of thioether (sulfide) groups is 2. The minimum absolute atomic E-state index is 0.00561. The average molecular weight is 1410 g/mol. The fourth-order valence-corrected chi connectivity index (χ4v) is 11.6. The van der Waals surface area contributed by atoms with Gasteiger partial charge in [-0.2, -0.15) is 23.5 Å². The molecule has 24 heteroatoms. The van der Waals surface area contributed by atoms with Crippen molar-refractivity contribution in [2.45, 2.75) is 227 Å². The summed E-state index contributed by atoms with van der Waals surface area (Å²) in [6.07, 6.45) is 28.2. The topological polar surface area (TPSA) is 309 Å². The first-order valence-electron chi connectivity index (χ1n) is 34.8. The van der Waals surface area contributed by atoms with Gasteiger partial charge in [-0.15, -0.1) is 0 Å². The van der Waals surface area contributed by atoms with Crippen LogP contribution in [0.1, 0.15) is 193 Å². The normalized spacial score (nSPS) is 12.7. The second-order valence-corrected chi connectivity index (χ2v) is 29.5. The summed E-state index contributed by atoms with van der Waals surface area (Å²) < 4.78 is 16.0. The van der Waals surface area contributed by atoms with Gasteiger partial charge in [0, 0.05) is 143 Å². The van der Waals surface area contributed by atoms with E-state index in [9.17, 15) is 33.6 Å². The maximum absolute atomic E-state index is 12.3. The fourth-order valence-electron chi connectivity index (χ4n) is 9.64. The number of hydrogen-bond acceptors (Lipinski definition) is 17. The lowest BCUT2D eigenvalue weighted by Gasteiger charge is -2.28. The van der Waals surface area contributed by atoms with Crippen LogP contribution in [0.5, 0.6) is 0 Å². The molecule has 9 N–H and O–H groups in total. The number of carbonyl (C=O) groups is 7. The molecule has 7 amide bonds. The lowest BCUT2D eigenvalue weighted by molar-refractivity contribution is -0.122. The van der Waals surface area contributed by atoms with Crippen LogP contribution in [0.2, 0.25) is 0 Å². The number of rotatable bonds is 35. The van der Waals surface area contributed by atoms with Crippen molar-refractivity contribution in [3.05, 3.63) is 156 Å². The van der Waals surface area contributed by atoms with Gasteiger partial charge in [0.15, 0.2) is 0 Å². The molecule has 4 heterocycles. The highest BCUT2D eigenvalue weighted by Crippen LogP contribution is 2.28. The molecule has 1 fully saturated rings. The molecular weight excluding hydrogens is 1290 g/mol. The van der Waals surface area contributed by atoms with E-state index in [0.29, 0.717) is 88.8 Å². The molecule has 2 atom stereocenters. The van der Waals surface area contributed by atoms with Crippen molar-refractivity contribution in [2.75, 3.05) is 36.1 Å². The molecule has 546 valence electrons. The van der Waals surface area contributed by atoms with Crippen molar-refractivity contribution < 1.29 is 47.8 Å². The summed E-state index contributed by atoms with van der Waals surface area (Å²) in [4.78, 5) is 99.2. The maximum Gasteiger partial charge on any atom is 0.407 e. The molecule has 6 rings (SSSR count). The third kappa shape index (κ3) is 48.5. The number of alkyl carbamates (subject to hydrolysis) is 3. The van der Waals surface area contributed by atoms with Gasteiger partial charge in [0.05, 0.1) is 0 Å². The number of pyridine rings is 4. The number of unbranched alkanes of at least 4 members (excludes halogenated alkanes) is 4. The summed E-state index contributed by atoms with van der Waals surface area (Å²) in [5.74, 6) is 3.75. The van der Waals surface area contributed by atoms with Crippen molar-refractivity contribution in [3.63, 3.8) is 0 Å².